The first kappa shape index (κ1) is 25.1. The third-order valence-corrected chi connectivity index (χ3v) is 11.6. The SMILES string of the molecule is CC(C)=CCC[C@@H](C)[C@H]1C=C[C@@H]2C3=C(CC[C@@]21C)[C@@]1(C)CC[C@H](c2ccccc2)C(C)(C)[C@@H]1CC3. The van der Waals surface area contributed by atoms with Crippen molar-refractivity contribution in [3.05, 3.63) is 70.8 Å². The second-order valence-corrected chi connectivity index (χ2v) is 14.1. The Bertz CT molecular complexity index is 1020. The fourth-order valence-corrected chi connectivity index (χ4v) is 9.76. The van der Waals surface area contributed by atoms with Gasteiger partial charge in [-0.2, -0.15) is 0 Å². The number of hydrogen-bond acceptors (Lipinski definition) is 0. The van der Waals surface area contributed by atoms with Crippen molar-refractivity contribution in [2.24, 2.45) is 39.9 Å². The summed E-state index contributed by atoms with van der Waals surface area (Å²) in [4.78, 5) is 0. The average Bonchev–Trinajstić information content (AvgIpc) is 3.16. The molecule has 1 saturated carbocycles. The van der Waals surface area contributed by atoms with E-state index >= 15 is 0 Å². The summed E-state index contributed by atoms with van der Waals surface area (Å²) in [5.74, 6) is 3.68. The molecule has 0 nitrogen and oxygen atoms in total. The molecule has 5 rings (SSSR count). The van der Waals surface area contributed by atoms with Crippen molar-refractivity contribution < 1.29 is 0 Å². The van der Waals surface area contributed by atoms with Crippen molar-refractivity contribution in [2.45, 2.75) is 106 Å². The number of allylic oxidation sites excluding steroid dienone is 6. The molecule has 0 aromatic heterocycles. The summed E-state index contributed by atoms with van der Waals surface area (Å²) in [5, 5.41) is 0. The quantitative estimate of drug-likeness (QED) is 0.375. The van der Waals surface area contributed by atoms with Crippen LogP contribution in [-0.2, 0) is 0 Å². The normalized spacial score (nSPS) is 38.4. The van der Waals surface area contributed by atoms with E-state index in [-0.39, 0.29) is 0 Å². The summed E-state index contributed by atoms with van der Waals surface area (Å²) in [5.41, 5.74) is 7.99. The third-order valence-electron chi connectivity index (χ3n) is 11.6. The van der Waals surface area contributed by atoms with Crippen molar-refractivity contribution in [3.63, 3.8) is 0 Å². The van der Waals surface area contributed by atoms with Crippen LogP contribution < -0.4 is 0 Å². The molecule has 0 radical (unpaired) electrons. The molecule has 0 aliphatic heterocycles. The smallest absolute Gasteiger partial charge is 0.00394 e. The molecule has 7 atom stereocenters. The van der Waals surface area contributed by atoms with Crippen LogP contribution in [0.15, 0.2) is 65.3 Å². The lowest BCUT2D eigenvalue weighted by atomic mass is 9.44. The monoisotopic (exact) mass is 470 g/mol. The number of benzene rings is 1. The molecule has 0 unspecified atom stereocenters. The standard InChI is InChI=1S/C35H50/c1-24(2)12-11-13-25(3)28-17-18-30-27-16-19-32-33(4,5)29(26-14-9-8-10-15-26)20-23-35(32,7)31(27)21-22-34(28,30)6/h8-10,12,14-15,17-18,25,28-30,32H,11,13,16,19-23H2,1-7H3/t25-,28-,29-,30-,32+,34-,35-/m1/s1. The van der Waals surface area contributed by atoms with Gasteiger partial charge in [0.05, 0.1) is 0 Å². The van der Waals surface area contributed by atoms with Gasteiger partial charge in [0.2, 0.25) is 0 Å². The highest BCUT2D eigenvalue weighted by atomic mass is 14.6. The van der Waals surface area contributed by atoms with E-state index in [1.807, 2.05) is 11.1 Å². The first-order chi connectivity index (χ1) is 16.6. The highest BCUT2D eigenvalue weighted by molar-refractivity contribution is 5.40. The largest absolute Gasteiger partial charge is 0.0859 e. The number of fused-ring (bicyclic) bond motifs is 4. The van der Waals surface area contributed by atoms with Crippen molar-refractivity contribution >= 4 is 0 Å². The minimum Gasteiger partial charge on any atom is -0.0859 e. The summed E-state index contributed by atoms with van der Waals surface area (Å²) in [6, 6.07) is 11.4. The van der Waals surface area contributed by atoms with E-state index in [0.717, 1.165) is 17.8 Å². The van der Waals surface area contributed by atoms with Crippen LogP contribution in [0.4, 0.5) is 0 Å². The summed E-state index contributed by atoms with van der Waals surface area (Å²) in [7, 11) is 0. The maximum atomic E-state index is 2.68. The van der Waals surface area contributed by atoms with E-state index in [1.165, 1.54) is 56.9 Å². The minimum absolute atomic E-state index is 0.348. The second-order valence-electron chi connectivity index (χ2n) is 14.1. The van der Waals surface area contributed by atoms with Crippen LogP contribution in [0.3, 0.4) is 0 Å². The summed E-state index contributed by atoms with van der Waals surface area (Å²) < 4.78 is 0. The van der Waals surface area contributed by atoms with Gasteiger partial charge in [-0.25, -0.2) is 0 Å². The van der Waals surface area contributed by atoms with Gasteiger partial charge in [0.15, 0.2) is 0 Å². The molecule has 0 bridgehead atoms. The topological polar surface area (TPSA) is 0 Å². The molecule has 4 aliphatic rings. The molecule has 0 heterocycles. The Morgan fingerprint density at radius 1 is 0.971 bits per heavy atom. The fraction of sp³-hybridized carbons (Fsp3) is 0.657. The Balaban J connectivity index is 1.41. The van der Waals surface area contributed by atoms with Crippen LogP contribution >= 0.6 is 0 Å². The molecule has 4 aliphatic carbocycles. The average molecular weight is 471 g/mol. The molecule has 190 valence electrons. The molecular formula is C35H50. The lowest BCUT2D eigenvalue weighted by Crippen LogP contribution is -2.51. The highest BCUT2D eigenvalue weighted by Gasteiger charge is 2.58. The molecule has 1 fully saturated rings. The molecule has 1 aromatic carbocycles. The predicted molar refractivity (Wildman–Crippen MR) is 151 cm³/mol. The van der Waals surface area contributed by atoms with E-state index < -0.39 is 0 Å². The van der Waals surface area contributed by atoms with E-state index in [0.29, 0.717) is 28.1 Å². The lowest BCUT2D eigenvalue weighted by Gasteiger charge is -2.61. The van der Waals surface area contributed by atoms with Gasteiger partial charge in [-0.05, 0) is 111 Å². The molecule has 0 spiro atoms. The van der Waals surface area contributed by atoms with Crippen molar-refractivity contribution in [1.29, 1.82) is 0 Å². The first-order valence-electron chi connectivity index (χ1n) is 14.7. The van der Waals surface area contributed by atoms with Crippen LogP contribution in [0.2, 0.25) is 0 Å². The second kappa shape index (κ2) is 9.08. The van der Waals surface area contributed by atoms with Gasteiger partial charge in [-0.3, -0.25) is 0 Å². The Kier molecular flexibility index (Phi) is 6.51. The zero-order chi connectivity index (χ0) is 25.0. The first-order valence-corrected chi connectivity index (χ1v) is 14.7. The molecule has 0 saturated heterocycles. The van der Waals surface area contributed by atoms with Crippen LogP contribution in [0.25, 0.3) is 0 Å². The van der Waals surface area contributed by atoms with Gasteiger partial charge in [0.1, 0.15) is 0 Å². The van der Waals surface area contributed by atoms with Crippen molar-refractivity contribution in [2.75, 3.05) is 0 Å². The third kappa shape index (κ3) is 4.02. The Morgan fingerprint density at radius 3 is 2.43 bits per heavy atom. The fourth-order valence-electron chi connectivity index (χ4n) is 9.76. The lowest BCUT2D eigenvalue weighted by molar-refractivity contribution is -0.0188. The van der Waals surface area contributed by atoms with Crippen molar-refractivity contribution in [1.82, 2.24) is 0 Å². The zero-order valence-electron chi connectivity index (χ0n) is 23.7. The summed E-state index contributed by atoms with van der Waals surface area (Å²) >= 11 is 0. The predicted octanol–water partition coefficient (Wildman–Crippen LogP) is 10.3. The van der Waals surface area contributed by atoms with Gasteiger partial charge in [-0.15, -0.1) is 0 Å². The van der Waals surface area contributed by atoms with Crippen LogP contribution in [0.1, 0.15) is 111 Å². The molecule has 0 heteroatoms. The molecule has 0 N–H and O–H groups in total. The van der Waals surface area contributed by atoms with Gasteiger partial charge < -0.3 is 0 Å². The number of rotatable bonds is 5. The van der Waals surface area contributed by atoms with Crippen LogP contribution in [0.5, 0.6) is 0 Å². The van der Waals surface area contributed by atoms with E-state index in [4.69, 9.17) is 0 Å². The van der Waals surface area contributed by atoms with Gasteiger partial charge in [0, 0.05) is 5.92 Å². The van der Waals surface area contributed by atoms with E-state index in [2.05, 4.69) is 97.0 Å². The van der Waals surface area contributed by atoms with E-state index in [1.54, 1.807) is 5.56 Å². The minimum atomic E-state index is 0.348. The maximum Gasteiger partial charge on any atom is 0.00394 e. The summed E-state index contributed by atoms with van der Waals surface area (Å²) in [6.45, 7) is 17.5. The van der Waals surface area contributed by atoms with Gasteiger partial charge in [0.25, 0.3) is 0 Å². The molecular weight excluding hydrogens is 420 g/mol. The van der Waals surface area contributed by atoms with Gasteiger partial charge in [-0.1, -0.05) is 99.9 Å². The molecule has 0 amide bonds. The van der Waals surface area contributed by atoms with Gasteiger partial charge >= 0.3 is 0 Å². The number of hydrogen-bond donors (Lipinski definition) is 0. The van der Waals surface area contributed by atoms with Crippen molar-refractivity contribution in [3.8, 4) is 0 Å². The molecule has 1 aromatic rings. The highest BCUT2D eigenvalue weighted by Crippen LogP contribution is 2.68. The summed E-state index contributed by atoms with van der Waals surface area (Å²) in [6.07, 6.45) is 18.5. The Morgan fingerprint density at radius 2 is 1.71 bits per heavy atom. The maximum absolute atomic E-state index is 2.68. The van der Waals surface area contributed by atoms with E-state index in [9.17, 15) is 0 Å². The molecule has 35 heavy (non-hydrogen) atoms. The Hall–Kier alpha value is -1.56. The van der Waals surface area contributed by atoms with Crippen LogP contribution in [0, 0.1) is 39.9 Å². The Labute approximate surface area is 216 Å². The zero-order valence-corrected chi connectivity index (χ0v) is 23.7. The van der Waals surface area contributed by atoms with Crippen LogP contribution in [-0.4, -0.2) is 0 Å².